The smallest absolute Gasteiger partial charge is 0.262 e. The molecule has 0 aromatic heterocycles. The SMILES string of the molecule is Cc1ccc(C)c(S(=O)(=O)Nc2ccccc2N(C2CC2)S(C)(=O)=O)c1. The van der Waals surface area contributed by atoms with E-state index in [0.29, 0.717) is 11.3 Å². The Labute approximate surface area is 155 Å². The molecule has 0 aliphatic heterocycles. The molecule has 0 radical (unpaired) electrons. The topological polar surface area (TPSA) is 83.6 Å². The quantitative estimate of drug-likeness (QED) is 0.816. The van der Waals surface area contributed by atoms with Gasteiger partial charge in [0.25, 0.3) is 10.0 Å². The summed E-state index contributed by atoms with van der Waals surface area (Å²) in [6.07, 6.45) is 2.68. The van der Waals surface area contributed by atoms with Gasteiger partial charge in [0.2, 0.25) is 10.0 Å². The zero-order chi connectivity index (χ0) is 19.1. The fraction of sp³-hybridized carbons (Fsp3) is 0.333. The van der Waals surface area contributed by atoms with Crippen LogP contribution in [0.2, 0.25) is 0 Å². The Morgan fingerprint density at radius 1 is 1.00 bits per heavy atom. The number of para-hydroxylation sites is 2. The number of rotatable bonds is 6. The fourth-order valence-electron chi connectivity index (χ4n) is 2.90. The molecule has 6 nitrogen and oxygen atoms in total. The summed E-state index contributed by atoms with van der Waals surface area (Å²) in [7, 11) is -7.36. The first kappa shape index (κ1) is 18.7. The van der Waals surface area contributed by atoms with Gasteiger partial charge in [0.1, 0.15) is 0 Å². The molecule has 0 atom stereocenters. The van der Waals surface area contributed by atoms with E-state index in [4.69, 9.17) is 0 Å². The van der Waals surface area contributed by atoms with E-state index < -0.39 is 20.0 Å². The molecule has 8 heteroatoms. The molecule has 2 aromatic rings. The Hall–Kier alpha value is -2.06. The Bertz CT molecular complexity index is 1040. The molecular formula is C18H22N2O4S2. The second-order valence-corrected chi connectivity index (χ2v) is 10.2. The number of nitrogens with zero attached hydrogens (tertiary/aromatic N) is 1. The van der Waals surface area contributed by atoms with Crippen molar-refractivity contribution in [3.05, 3.63) is 53.6 Å². The Morgan fingerprint density at radius 3 is 2.27 bits per heavy atom. The summed E-state index contributed by atoms with van der Waals surface area (Å²) in [6, 6.07) is 11.7. The molecule has 0 bridgehead atoms. The highest BCUT2D eigenvalue weighted by Crippen LogP contribution is 2.38. The van der Waals surface area contributed by atoms with Crippen LogP contribution in [0, 0.1) is 13.8 Å². The van der Waals surface area contributed by atoms with Gasteiger partial charge >= 0.3 is 0 Å². The van der Waals surface area contributed by atoms with Gasteiger partial charge in [-0.3, -0.25) is 9.03 Å². The highest BCUT2D eigenvalue weighted by molar-refractivity contribution is 7.93. The maximum absolute atomic E-state index is 12.9. The van der Waals surface area contributed by atoms with Gasteiger partial charge in [0, 0.05) is 6.04 Å². The highest BCUT2D eigenvalue weighted by atomic mass is 32.2. The summed E-state index contributed by atoms with van der Waals surface area (Å²) in [6.45, 7) is 3.55. The second kappa shape index (κ2) is 6.59. The number of sulfonamides is 2. The molecule has 3 rings (SSSR count). The normalized spacial score (nSPS) is 14.9. The molecule has 1 aliphatic carbocycles. The number of anilines is 2. The third kappa shape index (κ3) is 3.86. The minimum Gasteiger partial charge on any atom is -0.277 e. The molecule has 1 saturated carbocycles. The van der Waals surface area contributed by atoms with E-state index in [9.17, 15) is 16.8 Å². The molecular weight excluding hydrogens is 372 g/mol. The molecule has 1 aliphatic rings. The minimum atomic E-state index is -3.84. The van der Waals surface area contributed by atoms with Crippen LogP contribution in [0.1, 0.15) is 24.0 Å². The van der Waals surface area contributed by atoms with Gasteiger partial charge in [-0.05, 0) is 56.0 Å². The summed E-state index contributed by atoms with van der Waals surface area (Å²) in [4.78, 5) is 0.185. The third-order valence-electron chi connectivity index (χ3n) is 4.25. The molecule has 0 unspecified atom stereocenters. The van der Waals surface area contributed by atoms with Crippen LogP contribution in [-0.4, -0.2) is 29.1 Å². The van der Waals surface area contributed by atoms with Crippen LogP contribution >= 0.6 is 0 Å². The predicted molar refractivity (Wildman–Crippen MR) is 104 cm³/mol. The monoisotopic (exact) mass is 394 g/mol. The number of nitrogens with one attached hydrogen (secondary N) is 1. The van der Waals surface area contributed by atoms with Crippen molar-refractivity contribution in [3.8, 4) is 0 Å². The zero-order valence-electron chi connectivity index (χ0n) is 14.9. The summed E-state index contributed by atoms with van der Waals surface area (Å²) < 4.78 is 54.2. The van der Waals surface area contributed by atoms with Crippen molar-refractivity contribution in [2.45, 2.75) is 37.6 Å². The van der Waals surface area contributed by atoms with Crippen molar-refractivity contribution in [1.82, 2.24) is 0 Å². The van der Waals surface area contributed by atoms with Gasteiger partial charge in [-0.25, -0.2) is 16.8 Å². The standard InChI is InChI=1S/C18H22N2O4S2/c1-13-8-9-14(2)18(12-13)26(23,24)19-16-6-4-5-7-17(16)20(15-10-11-15)25(3,21)22/h4-9,12,15,19H,10-11H2,1-3H3. The molecule has 2 aromatic carbocycles. The number of benzene rings is 2. The molecule has 0 saturated heterocycles. The number of hydrogen-bond acceptors (Lipinski definition) is 4. The van der Waals surface area contributed by atoms with Crippen LogP contribution < -0.4 is 9.03 Å². The van der Waals surface area contributed by atoms with E-state index in [1.165, 1.54) is 4.31 Å². The summed E-state index contributed by atoms with van der Waals surface area (Å²) in [5, 5.41) is 0. The van der Waals surface area contributed by atoms with Crippen LogP contribution in [0.5, 0.6) is 0 Å². The summed E-state index contributed by atoms with van der Waals surface area (Å²) in [5.74, 6) is 0. The highest BCUT2D eigenvalue weighted by Gasteiger charge is 2.36. The van der Waals surface area contributed by atoms with Crippen LogP contribution in [0.3, 0.4) is 0 Å². The van der Waals surface area contributed by atoms with E-state index in [-0.39, 0.29) is 16.6 Å². The van der Waals surface area contributed by atoms with Gasteiger partial charge < -0.3 is 0 Å². The Morgan fingerprint density at radius 2 is 1.65 bits per heavy atom. The van der Waals surface area contributed by atoms with Gasteiger partial charge in [-0.2, -0.15) is 0 Å². The van der Waals surface area contributed by atoms with Gasteiger partial charge in [0.15, 0.2) is 0 Å². The lowest BCUT2D eigenvalue weighted by atomic mass is 10.2. The van der Waals surface area contributed by atoms with E-state index in [1.54, 1.807) is 43.3 Å². The number of aryl methyl sites for hydroxylation is 2. The van der Waals surface area contributed by atoms with E-state index in [0.717, 1.165) is 24.7 Å². The summed E-state index contributed by atoms with van der Waals surface area (Å²) >= 11 is 0. The average Bonchev–Trinajstić information content (AvgIpc) is 3.34. The van der Waals surface area contributed by atoms with Crippen molar-refractivity contribution in [1.29, 1.82) is 0 Å². The lowest BCUT2D eigenvalue weighted by molar-refractivity contribution is 0.595. The lowest BCUT2D eigenvalue weighted by Gasteiger charge is -2.25. The molecule has 0 heterocycles. The third-order valence-corrected chi connectivity index (χ3v) is 6.97. The fourth-order valence-corrected chi connectivity index (χ4v) is 5.58. The summed E-state index contributed by atoms with van der Waals surface area (Å²) in [5.41, 5.74) is 2.07. The van der Waals surface area contributed by atoms with E-state index in [2.05, 4.69) is 4.72 Å². The van der Waals surface area contributed by atoms with E-state index in [1.807, 2.05) is 13.0 Å². The Kier molecular flexibility index (Phi) is 4.74. The van der Waals surface area contributed by atoms with Crippen molar-refractivity contribution in [2.24, 2.45) is 0 Å². The largest absolute Gasteiger partial charge is 0.277 e. The van der Waals surface area contributed by atoms with Crippen LogP contribution in [0.15, 0.2) is 47.4 Å². The van der Waals surface area contributed by atoms with Gasteiger partial charge in [-0.15, -0.1) is 0 Å². The van der Waals surface area contributed by atoms with Gasteiger partial charge in [-0.1, -0.05) is 24.3 Å². The molecule has 1 N–H and O–H groups in total. The Balaban J connectivity index is 2.05. The molecule has 0 spiro atoms. The maximum atomic E-state index is 12.9. The van der Waals surface area contributed by atoms with Crippen LogP contribution in [-0.2, 0) is 20.0 Å². The van der Waals surface area contributed by atoms with Crippen LogP contribution in [0.25, 0.3) is 0 Å². The van der Waals surface area contributed by atoms with Crippen molar-refractivity contribution >= 4 is 31.4 Å². The first-order chi connectivity index (χ1) is 12.1. The maximum Gasteiger partial charge on any atom is 0.262 e. The number of hydrogen-bond donors (Lipinski definition) is 1. The molecule has 26 heavy (non-hydrogen) atoms. The molecule has 140 valence electrons. The zero-order valence-corrected chi connectivity index (χ0v) is 16.6. The molecule has 1 fully saturated rings. The molecule has 0 amide bonds. The van der Waals surface area contributed by atoms with Crippen molar-refractivity contribution in [3.63, 3.8) is 0 Å². The average molecular weight is 395 g/mol. The lowest BCUT2D eigenvalue weighted by Crippen LogP contribution is -2.33. The van der Waals surface area contributed by atoms with Crippen molar-refractivity contribution < 1.29 is 16.8 Å². The first-order valence-corrected chi connectivity index (χ1v) is 11.6. The van der Waals surface area contributed by atoms with Gasteiger partial charge in [0.05, 0.1) is 22.5 Å². The first-order valence-electron chi connectivity index (χ1n) is 8.28. The second-order valence-electron chi connectivity index (χ2n) is 6.68. The predicted octanol–water partition coefficient (Wildman–Crippen LogP) is 3.03. The van der Waals surface area contributed by atoms with Crippen LogP contribution in [0.4, 0.5) is 11.4 Å². The van der Waals surface area contributed by atoms with Crippen molar-refractivity contribution in [2.75, 3.05) is 15.3 Å². The minimum absolute atomic E-state index is 0.114. The van der Waals surface area contributed by atoms with E-state index >= 15 is 0 Å².